The van der Waals surface area contributed by atoms with E-state index in [1.165, 1.54) is 31.3 Å². The molecule has 0 spiro atoms. The van der Waals surface area contributed by atoms with Gasteiger partial charge in [-0.2, -0.15) is 0 Å². The summed E-state index contributed by atoms with van der Waals surface area (Å²) >= 11 is 1.83. The molecule has 3 aromatic heterocycles. The van der Waals surface area contributed by atoms with Gasteiger partial charge in [0.15, 0.2) is 11.2 Å². The minimum absolute atomic E-state index is 0.829. The zero-order chi connectivity index (χ0) is 34.2. The molecule has 0 radical (unpaired) electrons. The van der Waals surface area contributed by atoms with Crippen molar-refractivity contribution in [2.45, 2.75) is 0 Å². The highest BCUT2D eigenvalue weighted by Crippen LogP contribution is 2.48. The molecule has 0 fully saturated rings. The van der Waals surface area contributed by atoms with E-state index in [1.54, 1.807) is 0 Å². The Bertz CT molecular complexity index is 3130. The number of nitrogens with zero attached hydrogens (tertiary/aromatic N) is 1. The third-order valence-corrected chi connectivity index (χ3v) is 11.4. The van der Waals surface area contributed by atoms with E-state index in [2.05, 4.69) is 163 Å². The number of benzene rings is 8. The monoisotopic (exact) mass is 683 g/mol. The van der Waals surface area contributed by atoms with Gasteiger partial charge in [-0.3, -0.25) is 0 Å². The number of hydrogen-bond donors (Lipinski definition) is 0. The van der Waals surface area contributed by atoms with Gasteiger partial charge in [-0.15, -0.1) is 11.3 Å². The second-order valence-corrected chi connectivity index (χ2v) is 14.3. The minimum atomic E-state index is 0.829. The molecule has 0 bridgehead atoms. The second kappa shape index (κ2) is 11.5. The largest absolute Gasteiger partial charge is 0.454 e. The van der Waals surface area contributed by atoms with Gasteiger partial charge in [0, 0.05) is 53.0 Å². The second-order valence-electron chi connectivity index (χ2n) is 13.3. The number of rotatable bonds is 5. The molecule has 0 atom stereocenters. The standard InChI is InChI=1S/C48H29NO2S/c1-3-12-30(13-4-1)32-24-26-44-39(28-32)40-29-33(25-27-45(40)52-44)49(41-21-10-19-36-35-16-7-8-23-43(35)50-47(36)41)42-22-11-20-38-37-18-9-17-34(46(37)51-48(38)42)31-14-5-2-6-15-31/h1-29H. The molecule has 0 N–H and O–H groups in total. The molecule has 52 heavy (non-hydrogen) atoms. The van der Waals surface area contributed by atoms with E-state index in [0.717, 1.165) is 72.1 Å². The lowest BCUT2D eigenvalue weighted by Crippen LogP contribution is -2.10. The van der Waals surface area contributed by atoms with Gasteiger partial charge in [-0.1, -0.05) is 127 Å². The van der Waals surface area contributed by atoms with Crippen LogP contribution in [-0.2, 0) is 0 Å². The first kappa shape index (κ1) is 29.1. The van der Waals surface area contributed by atoms with Crippen molar-refractivity contribution in [1.29, 1.82) is 0 Å². The zero-order valence-corrected chi connectivity index (χ0v) is 28.7. The molecule has 0 unspecified atom stereocenters. The molecule has 0 saturated heterocycles. The SMILES string of the molecule is c1ccc(-c2ccc3sc4ccc(N(c5cccc6c5oc5ccccc56)c5cccc6c5oc5c(-c7ccccc7)cccc56)cc4c3c2)cc1. The van der Waals surface area contributed by atoms with Crippen LogP contribution in [0, 0.1) is 0 Å². The Morgan fingerprint density at radius 1 is 0.365 bits per heavy atom. The summed E-state index contributed by atoms with van der Waals surface area (Å²) < 4.78 is 16.2. The van der Waals surface area contributed by atoms with Crippen LogP contribution in [0.25, 0.3) is 86.3 Å². The lowest BCUT2D eigenvalue weighted by molar-refractivity contribution is 0.666. The van der Waals surface area contributed by atoms with Crippen molar-refractivity contribution in [3.05, 3.63) is 176 Å². The van der Waals surface area contributed by atoms with Gasteiger partial charge in [0.05, 0.1) is 11.4 Å². The summed E-state index contributed by atoms with van der Waals surface area (Å²) in [7, 11) is 0. The van der Waals surface area contributed by atoms with E-state index in [4.69, 9.17) is 8.83 Å². The van der Waals surface area contributed by atoms with Crippen LogP contribution in [0.5, 0.6) is 0 Å². The van der Waals surface area contributed by atoms with E-state index in [-0.39, 0.29) is 0 Å². The average Bonchev–Trinajstić information content (AvgIpc) is 3.90. The lowest BCUT2D eigenvalue weighted by atomic mass is 10.0. The van der Waals surface area contributed by atoms with Gasteiger partial charge in [0.2, 0.25) is 0 Å². The molecule has 8 aromatic carbocycles. The van der Waals surface area contributed by atoms with Gasteiger partial charge < -0.3 is 13.7 Å². The normalized spacial score (nSPS) is 11.8. The van der Waals surface area contributed by atoms with Crippen LogP contribution in [0.3, 0.4) is 0 Å². The van der Waals surface area contributed by atoms with Crippen LogP contribution in [0.4, 0.5) is 17.1 Å². The number of hydrogen-bond acceptors (Lipinski definition) is 4. The van der Waals surface area contributed by atoms with Gasteiger partial charge in [0.1, 0.15) is 11.2 Å². The highest BCUT2D eigenvalue weighted by atomic mass is 32.1. The van der Waals surface area contributed by atoms with E-state index in [1.807, 2.05) is 29.5 Å². The van der Waals surface area contributed by atoms with E-state index in [0.29, 0.717) is 0 Å². The quantitative estimate of drug-likeness (QED) is 0.181. The fourth-order valence-electron chi connectivity index (χ4n) is 7.86. The topological polar surface area (TPSA) is 29.5 Å². The van der Waals surface area contributed by atoms with Crippen molar-refractivity contribution in [2.24, 2.45) is 0 Å². The Kier molecular flexibility index (Phi) is 6.42. The smallest absolute Gasteiger partial charge is 0.159 e. The molecule has 4 heteroatoms. The fourth-order valence-corrected chi connectivity index (χ4v) is 8.92. The van der Waals surface area contributed by atoms with Crippen LogP contribution in [0.2, 0.25) is 0 Å². The molecule has 0 amide bonds. The van der Waals surface area contributed by atoms with Gasteiger partial charge in [-0.25, -0.2) is 0 Å². The number of para-hydroxylation sites is 4. The minimum Gasteiger partial charge on any atom is -0.454 e. The maximum absolute atomic E-state index is 7.00. The summed E-state index contributed by atoms with van der Waals surface area (Å²) in [5.74, 6) is 0. The fraction of sp³-hybridized carbons (Fsp3) is 0. The number of fused-ring (bicyclic) bond motifs is 9. The summed E-state index contributed by atoms with van der Waals surface area (Å²) in [6, 6.07) is 62.4. The first-order valence-electron chi connectivity index (χ1n) is 17.5. The summed E-state index contributed by atoms with van der Waals surface area (Å²) in [6.07, 6.45) is 0. The molecule has 11 rings (SSSR count). The van der Waals surface area contributed by atoms with Crippen molar-refractivity contribution in [1.82, 2.24) is 0 Å². The number of anilines is 3. The van der Waals surface area contributed by atoms with E-state index >= 15 is 0 Å². The molecular formula is C48H29NO2S. The molecule has 0 aliphatic heterocycles. The van der Waals surface area contributed by atoms with Gasteiger partial charge in [0.25, 0.3) is 0 Å². The van der Waals surface area contributed by atoms with Crippen molar-refractivity contribution in [3.63, 3.8) is 0 Å². The van der Waals surface area contributed by atoms with Crippen LogP contribution in [-0.4, -0.2) is 0 Å². The Morgan fingerprint density at radius 3 is 1.71 bits per heavy atom. The summed E-state index contributed by atoms with van der Waals surface area (Å²) in [6.45, 7) is 0. The Labute approximate surface area is 303 Å². The van der Waals surface area contributed by atoms with Crippen molar-refractivity contribution in [2.75, 3.05) is 4.90 Å². The van der Waals surface area contributed by atoms with Gasteiger partial charge in [-0.05, 0) is 65.2 Å². The van der Waals surface area contributed by atoms with E-state index < -0.39 is 0 Å². The molecule has 244 valence electrons. The molecule has 3 nitrogen and oxygen atoms in total. The predicted molar refractivity (Wildman–Crippen MR) is 219 cm³/mol. The first-order chi connectivity index (χ1) is 25.8. The molecule has 3 heterocycles. The maximum Gasteiger partial charge on any atom is 0.159 e. The number of thiophene rings is 1. The first-order valence-corrected chi connectivity index (χ1v) is 18.3. The maximum atomic E-state index is 7.00. The van der Waals surface area contributed by atoms with Crippen molar-refractivity contribution in [3.8, 4) is 22.3 Å². The van der Waals surface area contributed by atoms with Gasteiger partial charge >= 0.3 is 0 Å². The Balaban J connectivity index is 1.20. The highest BCUT2D eigenvalue weighted by molar-refractivity contribution is 7.25. The molecule has 0 aliphatic carbocycles. The van der Waals surface area contributed by atoms with Crippen LogP contribution in [0.15, 0.2) is 185 Å². The Morgan fingerprint density at radius 2 is 0.942 bits per heavy atom. The van der Waals surface area contributed by atoms with Crippen molar-refractivity contribution < 1.29 is 8.83 Å². The third-order valence-electron chi connectivity index (χ3n) is 10.3. The Hall–Kier alpha value is -6.62. The average molecular weight is 684 g/mol. The predicted octanol–water partition coefficient (Wildman–Crippen LogP) is 14.7. The highest BCUT2D eigenvalue weighted by Gasteiger charge is 2.24. The molecule has 0 aliphatic rings. The molecule has 11 aromatic rings. The van der Waals surface area contributed by atoms with Crippen LogP contribution in [0.1, 0.15) is 0 Å². The zero-order valence-electron chi connectivity index (χ0n) is 27.9. The molecular weight excluding hydrogens is 655 g/mol. The summed E-state index contributed by atoms with van der Waals surface area (Å²) in [4.78, 5) is 2.32. The van der Waals surface area contributed by atoms with E-state index in [9.17, 15) is 0 Å². The number of furan rings is 2. The summed E-state index contributed by atoms with van der Waals surface area (Å²) in [5, 5.41) is 6.81. The molecule has 0 saturated carbocycles. The summed E-state index contributed by atoms with van der Waals surface area (Å²) in [5.41, 5.74) is 11.0. The third kappa shape index (κ3) is 4.45. The van der Waals surface area contributed by atoms with Crippen LogP contribution < -0.4 is 4.90 Å². The lowest BCUT2D eigenvalue weighted by Gasteiger charge is -2.25. The van der Waals surface area contributed by atoms with Crippen LogP contribution >= 0.6 is 11.3 Å². The van der Waals surface area contributed by atoms with Crippen molar-refractivity contribution >= 4 is 92.4 Å².